The van der Waals surface area contributed by atoms with Crippen LogP contribution in [0.1, 0.15) is 139 Å². The number of nitrogens with one attached hydrogen (secondary N) is 1. The summed E-state index contributed by atoms with van der Waals surface area (Å²) in [6.45, 7) is 11.7. The lowest BCUT2D eigenvalue weighted by Crippen LogP contribution is -3.10. The van der Waals surface area contributed by atoms with Crippen molar-refractivity contribution in [1.82, 2.24) is 0 Å². The summed E-state index contributed by atoms with van der Waals surface area (Å²) in [6.07, 6.45) is 14.7. The van der Waals surface area contributed by atoms with Gasteiger partial charge in [0.1, 0.15) is 18.2 Å². The number of esters is 2. The Morgan fingerprint density at radius 2 is 1.24 bits per heavy atom. The van der Waals surface area contributed by atoms with E-state index in [1.165, 1.54) is 25.0 Å². The highest BCUT2D eigenvalue weighted by atomic mass is 16.8. The summed E-state index contributed by atoms with van der Waals surface area (Å²) < 4.78 is 11.7. The fourth-order valence-electron chi connectivity index (χ4n) is 14.3. The number of hydroxylamine groups is 2. The zero-order valence-corrected chi connectivity index (χ0v) is 32.4. The van der Waals surface area contributed by atoms with Crippen molar-refractivity contribution in [2.75, 3.05) is 0 Å². The largest absolute Gasteiger partial charge is 0.600 e. The number of ketones is 2. The number of allylic oxidation sites excluding steroid dienone is 2. The molecule has 0 radical (unpaired) electrons. The van der Waals surface area contributed by atoms with Crippen LogP contribution in [0.25, 0.3) is 0 Å². The van der Waals surface area contributed by atoms with Gasteiger partial charge >= 0.3 is 11.9 Å². The van der Waals surface area contributed by atoms with Crippen molar-refractivity contribution in [3.05, 3.63) is 28.5 Å². The predicted molar refractivity (Wildman–Crippen MR) is 201 cm³/mol. The van der Waals surface area contributed by atoms with Crippen molar-refractivity contribution in [3.8, 4) is 0 Å². The second-order valence-electron chi connectivity index (χ2n) is 19.0. The van der Waals surface area contributed by atoms with E-state index < -0.39 is 5.23 Å². The summed E-state index contributed by atoms with van der Waals surface area (Å²) in [7, 11) is 0. The van der Waals surface area contributed by atoms with Gasteiger partial charge in [-0.05, 0) is 117 Å². The van der Waals surface area contributed by atoms with E-state index in [9.17, 15) is 34.8 Å². The van der Waals surface area contributed by atoms with Gasteiger partial charge in [0, 0.05) is 55.8 Å². The molecule has 300 valence electrons. The average molecular weight is 753 g/mol. The number of carbonyl (C=O) groups excluding carboxylic acids is 4. The molecule has 8 rings (SSSR count). The van der Waals surface area contributed by atoms with Gasteiger partial charge in [-0.2, -0.15) is 0 Å². The van der Waals surface area contributed by atoms with Gasteiger partial charge in [0.15, 0.2) is 11.6 Å². The fourth-order valence-corrected chi connectivity index (χ4v) is 14.3. The Balaban J connectivity index is 0.000000181. The first-order chi connectivity index (χ1) is 25.0. The maximum atomic E-state index is 12.0. The standard InChI is InChI=1S/C21H31NO5.C21H29NO4.CH4/c1-12(23)27-17-11-21(3)16(6-7-18(21)22(25)26)15-5-4-13-10-14(24)8-9-20(13,2)19(15)17;1-12(23)26-17-11-21(3)16(6-7-18(21)22-25)15-5-4-13-10-14(24)8-9-20(13,2)19(15)17;/h10,15-19,22,25H,4-9,11H2,1-3H3;10,15-17,19,25H,4-9,11H2,1-3H3;1H4/b;22-18+;/t15?,16?,17-,18?,19?,20-,21-;15?,16?,17-,19?,20-,21-;/m00./s1. The monoisotopic (exact) mass is 752 g/mol. The molecular weight excluding hydrogens is 688 g/mol. The van der Waals surface area contributed by atoms with Crippen LogP contribution in [0.4, 0.5) is 0 Å². The van der Waals surface area contributed by atoms with Crippen LogP contribution in [-0.4, -0.2) is 57.9 Å². The second-order valence-corrected chi connectivity index (χ2v) is 19.0. The van der Waals surface area contributed by atoms with E-state index in [0.717, 1.165) is 63.5 Å². The number of ether oxygens (including phenoxy) is 2. The average Bonchev–Trinajstić information content (AvgIpc) is 3.60. The summed E-state index contributed by atoms with van der Waals surface area (Å²) in [5, 5.41) is 34.2. The molecule has 0 aliphatic heterocycles. The van der Waals surface area contributed by atoms with Gasteiger partial charge < -0.3 is 19.9 Å². The SMILES string of the molecule is C.CC(=O)O[C@H]1C[C@@]2(C)C(CCC2[NH+]([O-])O)C2CCC3=CC(=O)CC[C@]3(C)C21.CC(=O)O[C@H]1C[C@]2(C)/C(=N/O)CCC2C2CCC3=CC(=O)CC[C@]3(C)C21. The first-order valence-electron chi connectivity index (χ1n) is 20.2. The maximum absolute atomic E-state index is 12.0. The van der Waals surface area contributed by atoms with Crippen molar-refractivity contribution in [1.29, 1.82) is 0 Å². The molecule has 11 nitrogen and oxygen atoms in total. The zero-order valence-electron chi connectivity index (χ0n) is 32.4. The van der Waals surface area contributed by atoms with Crippen LogP contribution in [0.3, 0.4) is 0 Å². The lowest BCUT2D eigenvalue weighted by Gasteiger charge is -2.59. The normalized spacial score (nSPS) is 45.9. The van der Waals surface area contributed by atoms with Gasteiger partial charge in [-0.25, -0.2) is 10.4 Å². The molecule has 0 amide bonds. The smallest absolute Gasteiger partial charge is 0.302 e. The minimum atomic E-state index is -0.717. The van der Waals surface area contributed by atoms with Crippen molar-refractivity contribution in [3.63, 3.8) is 0 Å². The Morgan fingerprint density at radius 1 is 0.741 bits per heavy atom. The number of nitrogens with zero attached hydrogens (tertiary/aromatic N) is 1. The summed E-state index contributed by atoms with van der Waals surface area (Å²) in [5.74, 6) is 1.93. The van der Waals surface area contributed by atoms with Crippen LogP contribution < -0.4 is 5.23 Å². The molecular formula is C43H64N2O9. The first-order valence-corrected chi connectivity index (χ1v) is 20.2. The van der Waals surface area contributed by atoms with Gasteiger partial charge in [0.2, 0.25) is 0 Å². The Morgan fingerprint density at radius 3 is 1.72 bits per heavy atom. The number of fused-ring (bicyclic) bond motifs is 10. The van der Waals surface area contributed by atoms with E-state index in [-0.39, 0.29) is 82.7 Å². The number of quaternary nitrogens is 1. The number of carbonyl (C=O) groups is 4. The predicted octanol–water partition coefficient (Wildman–Crippen LogP) is 6.73. The number of rotatable bonds is 3. The van der Waals surface area contributed by atoms with Gasteiger partial charge in [-0.3, -0.25) is 19.2 Å². The lowest BCUT2D eigenvalue weighted by atomic mass is 9.46. The van der Waals surface area contributed by atoms with Crippen molar-refractivity contribution in [2.45, 2.75) is 157 Å². The molecule has 0 aromatic heterocycles. The second kappa shape index (κ2) is 14.6. The summed E-state index contributed by atoms with van der Waals surface area (Å²) in [5.41, 5.74) is 2.62. The fraction of sp³-hybridized carbons (Fsp3) is 0.791. The Hall–Kier alpha value is -2.89. The van der Waals surface area contributed by atoms with Crippen molar-refractivity contribution in [2.24, 2.45) is 62.3 Å². The molecule has 0 saturated heterocycles. The highest BCUT2D eigenvalue weighted by Gasteiger charge is 2.65. The number of oxime groups is 1. The van der Waals surface area contributed by atoms with Gasteiger partial charge in [-0.15, -0.1) is 0 Å². The minimum Gasteiger partial charge on any atom is -0.600 e. The Kier molecular flexibility index (Phi) is 11.0. The van der Waals surface area contributed by atoms with Crippen molar-refractivity contribution < 1.29 is 44.3 Å². The van der Waals surface area contributed by atoms with Crippen LogP contribution in [-0.2, 0) is 28.7 Å². The van der Waals surface area contributed by atoms with Crippen molar-refractivity contribution >= 4 is 29.2 Å². The lowest BCUT2D eigenvalue weighted by molar-refractivity contribution is -1.07. The molecule has 0 aromatic rings. The van der Waals surface area contributed by atoms with Gasteiger partial charge in [0.05, 0.1) is 5.71 Å². The topological polar surface area (TPSA) is 167 Å². The molecule has 11 heteroatoms. The molecule has 8 aliphatic carbocycles. The molecule has 6 fully saturated rings. The van der Waals surface area contributed by atoms with Crippen LogP contribution in [0, 0.1) is 62.4 Å². The number of hydrogen-bond donors (Lipinski definition) is 3. The quantitative estimate of drug-likeness (QED) is 0.161. The zero-order chi connectivity index (χ0) is 38.2. The molecule has 0 aromatic carbocycles. The third-order valence-corrected chi connectivity index (χ3v) is 16.5. The third-order valence-electron chi connectivity index (χ3n) is 16.5. The minimum absolute atomic E-state index is 0. The van der Waals surface area contributed by atoms with Gasteiger partial charge in [0.25, 0.3) is 0 Å². The summed E-state index contributed by atoms with van der Waals surface area (Å²) in [4.78, 5) is 47.8. The van der Waals surface area contributed by atoms with Crippen LogP contribution in [0.15, 0.2) is 28.5 Å². The molecule has 6 saturated carbocycles. The highest BCUT2D eigenvalue weighted by molar-refractivity contribution is 5.93. The summed E-state index contributed by atoms with van der Waals surface area (Å²) in [6, 6.07) is -0.362. The van der Waals surface area contributed by atoms with Gasteiger partial charge in [-0.1, -0.05) is 51.4 Å². The van der Waals surface area contributed by atoms with E-state index in [2.05, 4.69) is 32.9 Å². The molecule has 14 atom stereocenters. The molecule has 3 N–H and O–H groups in total. The van der Waals surface area contributed by atoms with E-state index in [0.29, 0.717) is 55.8 Å². The summed E-state index contributed by atoms with van der Waals surface area (Å²) >= 11 is 0. The van der Waals surface area contributed by atoms with E-state index in [4.69, 9.17) is 9.47 Å². The first kappa shape index (κ1) is 40.8. The Labute approximate surface area is 320 Å². The Bertz CT molecular complexity index is 1640. The molecule has 8 aliphatic rings. The van der Waals surface area contributed by atoms with Crippen LogP contribution in [0.5, 0.6) is 0 Å². The number of hydrogen-bond acceptors (Lipinski definition) is 10. The highest BCUT2D eigenvalue weighted by Crippen LogP contribution is 2.67. The molecule has 54 heavy (non-hydrogen) atoms. The van der Waals surface area contributed by atoms with Crippen LogP contribution in [0.2, 0.25) is 0 Å². The van der Waals surface area contributed by atoms with E-state index in [1.807, 2.05) is 12.2 Å². The third kappa shape index (κ3) is 6.42. The molecule has 0 spiro atoms. The molecule has 0 heterocycles. The van der Waals surface area contributed by atoms with Crippen LogP contribution >= 0.6 is 0 Å². The van der Waals surface area contributed by atoms with E-state index in [1.54, 1.807) is 0 Å². The molecule has 0 bridgehead atoms. The van der Waals surface area contributed by atoms with E-state index >= 15 is 0 Å². The molecule has 8 unspecified atom stereocenters. The maximum Gasteiger partial charge on any atom is 0.302 e.